The third-order valence-electron chi connectivity index (χ3n) is 3.10. The van der Waals surface area contributed by atoms with Crippen molar-refractivity contribution in [1.29, 1.82) is 0 Å². The molecule has 4 heteroatoms. The Morgan fingerprint density at radius 3 is 2.75 bits per heavy atom. The monoisotopic (exact) mass is 350 g/mol. The molecule has 3 rings (SSSR count). The Labute approximate surface area is 130 Å². The molecule has 1 fully saturated rings. The van der Waals surface area contributed by atoms with E-state index in [1.54, 1.807) is 24.3 Å². The molecular weight excluding hydrogens is 340 g/mol. The maximum atomic E-state index is 12.5. The van der Waals surface area contributed by atoms with Gasteiger partial charge in [-0.05, 0) is 43.2 Å². The van der Waals surface area contributed by atoms with Crippen LogP contribution in [0.25, 0.3) is 0 Å². The van der Waals surface area contributed by atoms with Gasteiger partial charge in [0.1, 0.15) is 5.75 Å². The number of carbonyl (C=O) groups excluding carboxylic acids is 1. The first-order valence-corrected chi connectivity index (χ1v) is 7.57. The van der Waals surface area contributed by atoms with Crippen LogP contribution < -0.4 is 4.74 Å². The predicted octanol–water partition coefficient (Wildman–Crippen LogP) is 4.87. The summed E-state index contributed by atoms with van der Waals surface area (Å²) in [6.07, 6.45) is 2.50. The highest BCUT2D eigenvalue weighted by molar-refractivity contribution is 9.10. The van der Waals surface area contributed by atoms with Crippen LogP contribution in [0.1, 0.15) is 28.8 Å². The van der Waals surface area contributed by atoms with Gasteiger partial charge in [-0.25, -0.2) is 0 Å². The molecule has 1 saturated carbocycles. The number of ketones is 1. The van der Waals surface area contributed by atoms with E-state index in [-0.39, 0.29) is 5.78 Å². The Morgan fingerprint density at radius 2 is 2.00 bits per heavy atom. The van der Waals surface area contributed by atoms with E-state index in [0.29, 0.717) is 22.3 Å². The van der Waals surface area contributed by atoms with Crippen molar-refractivity contribution in [3.8, 4) is 5.75 Å². The van der Waals surface area contributed by atoms with Crippen LogP contribution >= 0.6 is 27.5 Å². The number of benzene rings is 2. The summed E-state index contributed by atoms with van der Waals surface area (Å²) in [5, 5.41) is 0.451. The summed E-state index contributed by atoms with van der Waals surface area (Å²) in [7, 11) is 0. The molecule has 2 aromatic rings. The van der Waals surface area contributed by atoms with Gasteiger partial charge in [0, 0.05) is 15.6 Å². The summed E-state index contributed by atoms with van der Waals surface area (Å²) in [4.78, 5) is 12.5. The second-order valence-electron chi connectivity index (χ2n) is 4.80. The molecule has 0 spiro atoms. The highest BCUT2D eigenvalue weighted by Gasteiger charge is 2.24. The summed E-state index contributed by atoms with van der Waals surface area (Å²) in [5.41, 5.74) is 1.08. The maximum Gasteiger partial charge on any atom is 0.194 e. The lowest BCUT2D eigenvalue weighted by molar-refractivity contribution is 0.103. The fourth-order valence-corrected chi connectivity index (χ4v) is 2.48. The van der Waals surface area contributed by atoms with Crippen molar-refractivity contribution < 1.29 is 9.53 Å². The molecule has 0 bridgehead atoms. The number of carbonyl (C=O) groups is 1. The molecule has 1 aliphatic rings. The molecule has 0 radical (unpaired) electrons. The molecule has 0 aromatic heterocycles. The molecular formula is C16H12BrClO2. The highest BCUT2D eigenvalue weighted by atomic mass is 79.9. The minimum atomic E-state index is -0.0995. The van der Waals surface area contributed by atoms with Crippen molar-refractivity contribution in [2.24, 2.45) is 0 Å². The van der Waals surface area contributed by atoms with Gasteiger partial charge in [0.25, 0.3) is 0 Å². The fourth-order valence-electron chi connectivity index (χ4n) is 1.92. The van der Waals surface area contributed by atoms with Crippen molar-refractivity contribution in [1.82, 2.24) is 0 Å². The van der Waals surface area contributed by atoms with E-state index in [0.717, 1.165) is 23.1 Å². The molecule has 2 nitrogen and oxygen atoms in total. The first-order chi connectivity index (χ1) is 9.63. The molecule has 0 amide bonds. The van der Waals surface area contributed by atoms with E-state index in [9.17, 15) is 4.79 Å². The van der Waals surface area contributed by atoms with Crippen LogP contribution in [0, 0.1) is 0 Å². The third kappa shape index (κ3) is 3.05. The minimum Gasteiger partial charge on any atom is -0.490 e. The number of halogens is 2. The van der Waals surface area contributed by atoms with Crippen molar-refractivity contribution >= 4 is 33.3 Å². The van der Waals surface area contributed by atoms with Crippen LogP contribution in [0.4, 0.5) is 0 Å². The lowest BCUT2D eigenvalue weighted by Gasteiger charge is -2.08. The zero-order valence-electron chi connectivity index (χ0n) is 10.6. The van der Waals surface area contributed by atoms with Gasteiger partial charge in [0.05, 0.1) is 11.1 Å². The van der Waals surface area contributed by atoms with Crippen LogP contribution in [-0.2, 0) is 0 Å². The largest absolute Gasteiger partial charge is 0.490 e. The molecule has 2 aromatic carbocycles. The zero-order chi connectivity index (χ0) is 14.1. The predicted molar refractivity (Wildman–Crippen MR) is 82.7 cm³/mol. The van der Waals surface area contributed by atoms with Gasteiger partial charge in [-0.2, -0.15) is 0 Å². The summed E-state index contributed by atoms with van der Waals surface area (Å²) in [5.74, 6) is 0.641. The Hall–Kier alpha value is -1.32. The third-order valence-corrected chi connectivity index (χ3v) is 3.92. The number of ether oxygens (including phenoxy) is 1. The van der Waals surface area contributed by atoms with Crippen molar-refractivity contribution in [3.05, 3.63) is 63.1 Å². The smallest absolute Gasteiger partial charge is 0.194 e. The SMILES string of the molecule is O=C(c1cccc(OC2CC2)c1)c1cc(Br)ccc1Cl. The van der Waals surface area contributed by atoms with Gasteiger partial charge in [0.2, 0.25) is 0 Å². The molecule has 0 N–H and O–H groups in total. The minimum absolute atomic E-state index is 0.0995. The molecule has 102 valence electrons. The summed E-state index contributed by atoms with van der Waals surface area (Å²) in [6, 6.07) is 12.5. The fraction of sp³-hybridized carbons (Fsp3) is 0.188. The van der Waals surface area contributed by atoms with E-state index in [1.807, 2.05) is 18.2 Å². The first-order valence-electron chi connectivity index (χ1n) is 6.40. The normalized spacial score (nSPS) is 14.1. The Morgan fingerprint density at radius 1 is 1.20 bits per heavy atom. The molecule has 0 heterocycles. The average molecular weight is 352 g/mol. The van der Waals surface area contributed by atoms with Crippen molar-refractivity contribution in [2.75, 3.05) is 0 Å². The Bertz CT molecular complexity index is 665. The van der Waals surface area contributed by atoms with Crippen LogP contribution in [0.15, 0.2) is 46.9 Å². The summed E-state index contributed by atoms with van der Waals surface area (Å²) in [6.45, 7) is 0. The number of hydrogen-bond acceptors (Lipinski definition) is 2. The summed E-state index contributed by atoms with van der Waals surface area (Å²) >= 11 is 9.46. The van der Waals surface area contributed by atoms with E-state index in [2.05, 4.69) is 15.9 Å². The highest BCUT2D eigenvalue weighted by Crippen LogP contribution is 2.29. The first kappa shape index (κ1) is 13.7. The van der Waals surface area contributed by atoms with E-state index >= 15 is 0 Å². The van der Waals surface area contributed by atoms with Crippen LogP contribution in [0.3, 0.4) is 0 Å². The van der Waals surface area contributed by atoms with Crippen molar-refractivity contribution in [3.63, 3.8) is 0 Å². The van der Waals surface area contributed by atoms with Crippen LogP contribution in [0.5, 0.6) is 5.75 Å². The quantitative estimate of drug-likeness (QED) is 0.734. The van der Waals surface area contributed by atoms with Crippen LogP contribution in [-0.4, -0.2) is 11.9 Å². The maximum absolute atomic E-state index is 12.5. The second kappa shape index (κ2) is 5.58. The molecule has 0 saturated heterocycles. The molecule has 20 heavy (non-hydrogen) atoms. The molecule has 0 atom stereocenters. The van der Waals surface area contributed by atoms with Crippen molar-refractivity contribution in [2.45, 2.75) is 18.9 Å². The topological polar surface area (TPSA) is 26.3 Å². The van der Waals surface area contributed by atoms with E-state index in [1.165, 1.54) is 0 Å². The van der Waals surface area contributed by atoms with Gasteiger partial charge >= 0.3 is 0 Å². The van der Waals surface area contributed by atoms with E-state index < -0.39 is 0 Å². The number of hydrogen-bond donors (Lipinski definition) is 0. The zero-order valence-corrected chi connectivity index (χ0v) is 12.9. The molecule has 0 aliphatic heterocycles. The van der Waals surface area contributed by atoms with Gasteiger partial charge in [0.15, 0.2) is 5.78 Å². The van der Waals surface area contributed by atoms with Crippen LogP contribution in [0.2, 0.25) is 5.02 Å². The lowest BCUT2D eigenvalue weighted by atomic mass is 10.0. The molecule has 1 aliphatic carbocycles. The van der Waals surface area contributed by atoms with Gasteiger partial charge in [-0.15, -0.1) is 0 Å². The summed E-state index contributed by atoms with van der Waals surface area (Å²) < 4.78 is 6.54. The Kier molecular flexibility index (Phi) is 3.81. The molecule has 0 unspecified atom stereocenters. The average Bonchev–Trinajstić information content (AvgIpc) is 3.25. The van der Waals surface area contributed by atoms with Gasteiger partial charge < -0.3 is 4.74 Å². The standard InChI is InChI=1S/C16H12BrClO2/c17-11-4-7-15(18)14(9-11)16(19)10-2-1-3-13(8-10)20-12-5-6-12/h1-4,7-9,12H,5-6H2. The lowest BCUT2D eigenvalue weighted by Crippen LogP contribution is -2.03. The van der Waals surface area contributed by atoms with Gasteiger partial charge in [-0.1, -0.05) is 39.7 Å². The second-order valence-corrected chi connectivity index (χ2v) is 6.12. The van der Waals surface area contributed by atoms with E-state index in [4.69, 9.17) is 16.3 Å². The van der Waals surface area contributed by atoms with Gasteiger partial charge in [-0.3, -0.25) is 4.79 Å². The Balaban J connectivity index is 1.91. The number of rotatable bonds is 4.